The molecule has 0 fully saturated rings. The number of rotatable bonds is 5. The fraction of sp³-hybridized carbons (Fsp3) is 0. The molecule has 23 heavy (non-hydrogen) atoms. The number of carbonyl (C=O) groups is 1. The van der Waals surface area contributed by atoms with E-state index in [-0.39, 0.29) is 0 Å². The van der Waals surface area contributed by atoms with Crippen LogP contribution in [0.25, 0.3) is 0 Å². The summed E-state index contributed by atoms with van der Waals surface area (Å²) in [5.74, 6) is 0.318. The van der Waals surface area contributed by atoms with Gasteiger partial charge in [0.05, 0.1) is 16.2 Å². The smallest absolute Gasteiger partial charge is 0.306 e. The SMILES string of the molecule is O=Cc1ccccc1OP(=O)(c1ccccc1)c1ccccc1. The third-order valence-corrected chi connectivity index (χ3v) is 5.87. The molecule has 0 heterocycles. The highest BCUT2D eigenvalue weighted by Crippen LogP contribution is 2.45. The molecule has 0 bridgehead atoms. The van der Waals surface area contributed by atoms with Crippen LogP contribution in [0.15, 0.2) is 84.9 Å². The fourth-order valence-corrected chi connectivity index (χ4v) is 4.38. The molecule has 0 spiro atoms. The Kier molecular flexibility index (Phi) is 4.40. The molecular formula is C19H15O3P. The van der Waals surface area contributed by atoms with Crippen molar-refractivity contribution in [2.75, 3.05) is 0 Å². The second kappa shape index (κ2) is 6.64. The largest absolute Gasteiger partial charge is 0.436 e. The van der Waals surface area contributed by atoms with Crippen LogP contribution in [0.1, 0.15) is 10.4 Å². The van der Waals surface area contributed by atoms with Crippen molar-refractivity contribution in [2.45, 2.75) is 0 Å². The molecular weight excluding hydrogens is 307 g/mol. The number of hydrogen-bond acceptors (Lipinski definition) is 3. The molecule has 0 amide bonds. The molecule has 0 N–H and O–H groups in total. The van der Waals surface area contributed by atoms with E-state index in [0.717, 1.165) is 0 Å². The van der Waals surface area contributed by atoms with E-state index in [2.05, 4.69) is 0 Å². The predicted octanol–water partition coefficient (Wildman–Crippen LogP) is 3.81. The lowest BCUT2D eigenvalue weighted by Gasteiger charge is -2.21. The number of aldehydes is 1. The number of hydrogen-bond donors (Lipinski definition) is 0. The van der Waals surface area contributed by atoms with Crippen molar-refractivity contribution in [2.24, 2.45) is 0 Å². The molecule has 0 aromatic heterocycles. The quantitative estimate of drug-likeness (QED) is 0.530. The minimum absolute atomic E-state index is 0.318. The van der Waals surface area contributed by atoms with Gasteiger partial charge >= 0.3 is 7.37 Å². The van der Waals surface area contributed by atoms with Crippen LogP contribution in [0, 0.1) is 0 Å². The molecule has 3 rings (SSSR count). The van der Waals surface area contributed by atoms with Gasteiger partial charge < -0.3 is 4.52 Å². The summed E-state index contributed by atoms with van der Waals surface area (Å²) in [6.07, 6.45) is 0.704. The molecule has 4 heteroatoms. The van der Waals surface area contributed by atoms with E-state index < -0.39 is 7.37 Å². The van der Waals surface area contributed by atoms with Crippen molar-refractivity contribution in [3.05, 3.63) is 90.5 Å². The number of para-hydroxylation sites is 1. The van der Waals surface area contributed by atoms with E-state index in [1.165, 1.54) is 0 Å². The molecule has 0 unspecified atom stereocenters. The first-order valence-electron chi connectivity index (χ1n) is 7.19. The first kappa shape index (κ1) is 15.3. The van der Waals surface area contributed by atoms with E-state index in [4.69, 9.17) is 4.52 Å². The van der Waals surface area contributed by atoms with Crippen LogP contribution in [0.5, 0.6) is 5.75 Å². The lowest BCUT2D eigenvalue weighted by atomic mass is 10.2. The zero-order valence-electron chi connectivity index (χ0n) is 12.3. The molecule has 114 valence electrons. The topological polar surface area (TPSA) is 43.4 Å². The molecule has 0 saturated carbocycles. The monoisotopic (exact) mass is 322 g/mol. The Labute approximate surface area is 135 Å². The third kappa shape index (κ3) is 3.10. The molecule has 3 nitrogen and oxygen atoms in total. The summed E-state index contributed by atoms with van der Waals surface area (Å²) < 4.78 is 19.6. The standard InChI is InChI=1S/C19H15O3P/c20-15-16-9-7-8-14-19(16)22-23(21,17-10-3-1-4-11-17)18-12-5-2-6-13-18/h1-15H. The summed E-state index contributed by atoms with van der Waals surface area (Å²) in [5, 5.41) is 1.18. The molecule has 3 aromatic rings. The lowest BCUT2D eigenvalue weighted by Crippen LogP contribution is -2.20. The molecule has 0 aliphatic carbocycles. The van der Waals surface area contributed by atoms with Crippen molar-refractivity contribution in [3.63, 3.8) is 0 Å². The highest BCUT2D eigenvalue weighted by molar-refractivity contribution is 7.74. The Morgan fingerprint density at radius 3 is 1.70 bits per heavy atom. The third-order valence-electron chi connectivity index (χ3n) is 3.47. The van der Waals surface area contributed by atoms with E-state index in [9.17, 15) is 9.36 Å². The minimum atomic E-state index is -3.34. The van der Waals surface area contributed by atoms with Crippen LogP contribution < -0.4 is 15.1 Å². The van der Waals surface area contributed by atoms with Crippen molar-refractivity contribution >= 4 is 24.3 Å². The molecule has 3 aromatic carbocycles. The Hall–Kier alpha value is -2.64. The van der Waals surface area contributed by atoms with Crippen molar-refractivity contribution in [3.8, 4) is 5.75 Å². The molecule has 0 aliphatic heterocycles. The maximum atomic E-state index is 13.7. The summed E-state index contributed by atoms with van der Waals surface area (Å²) in [4.78, 5) is 11.2. The first-order valence-corrected chi connectivity index (χ1v) is 8.81. The van der Waals surface area contributed by atoms with Crippen molar-refractivity contribution < 1.29 is 13.9 Å². The maximum Gasteiger partial charge on any atom is 0.306 e. The highest BCUT2D eigenvalue weighted by atomic mass is 31.2. The van der Waals surface area contributed by atoms with Crippen LogP contribution in [-0.2, 0) is 4.57 Å². The summed E-state index contributed by atoms with van der Waals surface area (Å²) in [6.45, 7) is 0. The van der Waals surface area contributed by atoms with Gasteiger partial charge in [0.1, 0.15) is 5.75 Å². The van der Waals surface area contributed by atoms with Gasteiger partial charge in [-0.2, -0.15) is 0 Å². The Bertz CT molecular complexity index is 801. The van der Waals surface area contributed by atoms with Crippen LogP contribution in [0.4, 0.5) is 0 Å². The Morgan fingerprint density at radius 2 is 1.17 bits per heavy atom. The highest BCUT2D eigenvalue weighted by Gasteiger charge is 2.30. The second-order valence-electron chi connectivity index (χ2n) is 4.97. The maximum absolute atomic E-state index is 13.7. The fourth-order valence-electron chi connectivity index (χ4n) is 2.30. The van der Waals surface area contributed by atoms with Gasteiger partial charge in [-0.3, -0.25) is 9.36 Å². The zero-order chi connectivity index (χ0) is 16.1. The van der Waals surface area contributed by atoms with Gasteiger partial charge in [-0.25, -0.2) is 0 Å². The van der Waals surface area contributed by atoms with E-state index >= 15 is 0 Å². The van der Waals surface area contributed by atoms with Gasteiger partial charge in [0, 0.05) is 0 Å². The summed E-state index contributed by atoms with van der Waals surface area (Å²) in [5.41, 5.74) is 0.375. The zero-order valence-corrected chi connectivity index (χ0v) is 13.2. The van der Waals surface area contributed by atoms with Crippen LogP contribution in [0.3, 0.4) is 0 Å². The molecule has 0 radical (unpaired) electrons. The van der Waals surface area contributed by atoms with Gasteiger partial charge in [0.15, 0.2) is 6.29 Å². The van der Waals surface area contributed by atoms with Gasteiger partial charge in [0.2, 0.25) is 0 Å². The molecule has 0 atom stereocenters. The van der Waals surface area contributed by atoms with Crippen molar-refractivity contribution in [1.29, 1.82) is 0 Å². The van der Waals surface area contributed by atoms with Crippen molar-refractivity contribution in [1.82, 2.24) is 0 Å². The predicted molar refractivity (Wildman–Crippen MR) is 92.2 cm³/mol. The lowest BCUT2D eigenvalue weighted by molar-refractivity contribution is 0.112. The van der Waals surface area contributed by atoms with Crippen LogP contribution in [0.2, 0.25) is 0 Å². The van der Waals surface area contributed by atoms with Gasteiger partial charge in [0.25, 0.3) is 0 Å². The molecule has 0 aliphatic rings. The summed E-state index contributed by atoms with van der Waals surface area (Å²) in [6, 6.07) is 24.9. The number of benzene rings is 3. The second-order valence-corrected chi connectivity index (χ2v) is 7.29. The average molecular weight is 322 g/mol. The van der Waals surface area contributed by atoms with Gasteiger partial charge in [-0.05, 0) is 36.4 Å². The minimum Gasteiger partial charge on any atom is -0.436 e. The van der Waals surface area contributed by atoms with E-state index in [1.54, 1.807) is 48.5 Å². The molecule has 0 saturated heterocycles. The normalized spacial score (nSPS) is 11.0. The summed E-state index contributed by atoms with van der Waals surface area (Å²) >= 11 is 0. The Morgan fingerprint density at radius 1 is 0.696 bits per heavy atom. The number of carbonyl (C=O) groups excluding carboxylic acids is 1. The summed E-state index contributed by atoms with van der Waals surface area (Å²) in [7, 11) is -3.34. The van der Waals surface area contributed by atoms with Gasteiger partial charge in [-0.15, -0.1) is 0 Å². The Balaban J connectivity index is 2.14. The average Bonchev–Trinajstić information content (AvgIpc) is 2.63. The van der Waals surface area contributed by atoms with E-state index in [0.29, 0.717) is 28.2 Å². The van der Waals surface area contributed by atoms with Crippen LogP contribution in [-0.4, -0.2) is 6.29 Å². The van der Waals surface area contributed by atoms with Crippen LogP contribution >= 0.6 is 7.37 Å². The van der Waals surface area contributed by atoms with E-state index in [1.807, 2.05) is 36.4 Å². The first-order chi connectivity index (χ1) is 11.2. The van der Waals surface area contributed by atoms with Gasteiger partial charge in [-0.1, -0.05) is 48.5 Å².